The van der Waals surface area contributed by atoms with Crippen LogP contribution in [0.2, 0.25) is 0 Å². The van der Waals surface area contributed by atoms with Gasteiger partial charge in [0.2, 0.25) is 0 Å². The number of nitrogens with one attached hydrogen (secondary N) is 3. The summed E-state index contributed by atoms with van der Waals surface area (Å²) in [6.07, 6.45) is 4.60. The number of unbranched alkanes of at least 4 members (excludes halogenated alkanes) is 1. The van der Waals surface area contributed by atoms with Gasteiger partial charge < -0.3 is 5.32 Å². The first-order valence-corrected chi connectivity index (χ1v) is 10.7. The number of amides is 1. The van der Waals surface area contributed by atoms with E-state index in [0.29, 0.717) is 21.8 Å². The topological polar surface area (TPSA) is 88.0 Å². The van der Waals surface area contributed by atoms with E-state index in [0.717, 1.165) is 19.4 Å². The van der Waals surface area contributed by atoms with Crippen molar-refractivity contribution in [1.82, 2.24) is 25.9 Å². The molecule has 0 saturated heterocycles. The molecule has 0 saturated carbocycles. The number of hydrazine groups is 1. The molecule has 1 aromatic heterocycles. The van der Waals surface area contributed by atoms with E-state index in [1.54, 1.807) is 24.3 Å². The second kappa shape index (κ2) is 10.9. The maximum absolute atomic E-state index is 12.7. The van der Waals surface area contributed by atoms with Crippen molar-refractivity contribution in [1.29, 1.82) is 0 Å². The normalized spacial score (nSPS) is 12.0. The van der Waals surface area contributed by atoms with Crippen LogP contribution in [0.4, 0.5) is 0 Å². The van der Waals surface area contributed by atoms with Gasteiger partial charge in [-0.1, -0.05) is 51.3 Å². The van der Waals surface area contributed by atoms with E-state index in [4.69, 9.17) is 12.2 Å². The number of benzene rings is 1. The molecule has 0 fully saturated rings. The summed E-state index contributed by atoms with van der Waals surface area (Å²) in [4.78, 5) is 25.3. The molecule has 0 bridgehead atoms. The number of carbonyl (C=O) groups is 1. The van der Waals surface area contributed by atoms with Crippen molar-refractivity contribution < 1.29 is 4.79 Å². The standard InChI is InChI=1S/C21H31N5O2S/c1-5-7-10-15(6-2)13-22-21(29)24-23-19(27)18-16-11-8-9-12-17(16)20(28)26(25-18)14(3)4/h8-9,11-12,14-15H,5-7,10,13H2,1-4H3,(H,23,27)(H2,22,24,29)/t15-/m0/s1. The van der Waals surface area contributed by atoms with Crippen molar-refractivity contribution in [3.63, 3.8) is 0 Å². The van der Waals surface area contributed by atoms with Crippen LogP contribution in [0, 0.1) is 5.92 Å². The van der Waals surface area contributed by atoms with Crippen LogP contribution in [0.1, 0.15) is 69.9 Å². The fourth-order valence-electron chi connectivity index (χ4n) is 3.12. The molecule has 0 aliphatic carbocycles. The minimum Gasteiger partial charge on any atom is -0.361 e. The highest BCUT2D eigenvalue weighted by Crippen LogP contribution is 2.14. The summed E-state index contributed by atoms with van der Waals surface area (Å²) in [5.74, 6) is 0.100. The van der Waals surface area contributed by atoms with Gasteiger partial charge in [-0.25, -0.2) is 4.68 Å². The van der Waals surface area contributed by atoms with Crippen LogP contribution in [0.25, 0.3) is 10.8 Å². The van der Waals surface area contributed by atoms with E-state index in [1.807, 2.05) is 13.8 Å². The van der Waals surface area contributed by atoms with Crippen molar-refractivity contribution >= 4 is 34.0 Å². The van der Waals surface area contributed by atoms with E-state index in [2.05, 4.69) is 35.1 Å². The molecular weight excluding hydrogens is 386 g/mol. The summed E-state index contributed by atoms with van der Waals surface area (Å²) in [6, 6.07) is 6.81. The zero-order valence-corrected chi connectivity index (χ0v) is 18.4. The van der Waals surface area contributed by atoms with Gasteiger partial charge in [0.25, 0.3) is 11.5 Å². The highest BCUT2D eigenvalue weighted by Gasteiger charge is 2.18. The molecular formula is C21H31N5O2S. The Morgan fingerprint density at radius 1 is 1.17 bits per heavy atom. The fraction of sp³-hybridized carbons (Fsp3) is 0.524. The first kappa shape index (κ1) is 22.8. The van der Waals surface area contributed by atoms with E-state index >= 15 is 0 Å². The van der Waals surface area contributed by atoms with Crippen molar-refractivity contribution in [2.24, 2.45) is 5.92 Å². The van der Waals surface area contributed by atoms with Gasteiger partial charge in [-0.05, 0) is 44.5 Å². The molecule has 0 aliphatic rings. The van der Waals surface area contributed by atoms with Gasteiger partial charge in [0.1, 0.15) is 0 Å². The van der Waals surface area contributed by atoms with Crippen molar-refractivity contribution in [3.8, 4) is 0 Å². The summed E-state index contributed by atoms with van der Waals surface area (Å²) in [7, 11) is 0. The second-order valence-corrected chi connectivity index (χ2v) is 7.85. The average Bonchev–Trinajstić information content (AvgIpc) is 2.72. The van der Waals surface area contributed by atoms with Crippen LogP contribution >= 0.6 is 12.2 Å². The quantitative estimate of drug-likeness (QED) is 0.451. The Hall–Kier alpha value is -2.48. The average molecular weight is 418 g/mol. The molecule has 8 heteroatoms. The molecule has 2 rings (SSSR count). The highest BCUT2D eigenvalue weighted by molar-refractivity contribution is 7.80. The first-order chi connectivity index (χ1) is 13.9. The van der Waals surface area contributed by atoms with Gasteiger partial charge in [-0.3, -0.25) is 20.4 Å². The van der Waals surface area contributed by atoms with E-state index < -0.39 is 5.91 Å². The maximum atomic E-state index is 12.7. The number of carbonyl (C=O) groups excluding carboxylic acids is 1. The molecule has 7 nitrogen and oxygen atoms in total. The summed E-state index contributed by atoms with van der Waals surface area (Å²) in [6.45, 7) is 8.82. The predicted molar refractivity (Wildman–Crippen MR) is 121 cm³/mol. The molecule has 0 spiro atoms. The summed E-state index contributed by atoms with van der Waals surface area (Å²) in [5, 5.41) is 8.77. The fourth-order valence-corrected chi connectivity index (χ4v) is 3.26. The van der Waals surface area contributed by atoms with Crippen LogP contribution in [0.3, 0.4) is 0 Å². The number of hydrogen-bond acceptors (Lipinski definition) is 4. The maximum Gasteiger partial charge on any atom is 0.290 e. The van der Waals surface area contributed by atoms with E-state index in [-0.39, 0.29) is 17.3 Å². The summed E-state index contributed by atoms with van der Waals surface area (Å²) in [5.41, 5.74) is 5.30. The molecule has 1 amide bonds. The van der Waals surface area contributed by atoms with Crippen LogP contribution in [0.15, 0.2) is 29.1 Å². The zero-order valence-electron chi connectivity index (χ0n) is 17.6. The molecule has 1 aromatic carbocycles. The largest absolute Gasteiger partial charge is 0.361 e. The molecule has 1 atom stereocenters. The van der Waals surface area contributed by atoms with E-state index in [9.17, 15) is 9.59 Å². The molecule has 29 heavy (non-hydrogen) atoms. The Morgan fingerprint density at radius 3 is 2.48 bits per heavy atom. The summed E-state index contributed by atoms with van der Waals surface area (Å²) < 4.78 is 1.33. The van der Waals surface area contributed by atoms with Gasteiger partial charge in [0, 0.05) is 11.9 Å². The Kier molecular flexibility index (Phi) is 8.57. The molecule has 1 heterocycles. The Bertz CT molecular complexity index is 910. The lowest BCUT2D eigenvalue weighted by molar-refractivity contribution is 0.0938. The first-order valence-electron chi connectivity index (χ1n) is 10.2. The SMILES string of the molecule is CCCC[C@H](CC)CNC(=S)NNC(=O)c1nn(C(C)C)c(=O)c2ccccc12. The van der Waals surface area contributed by atoms with Crippen LogP contribution in [0.5, 0.6) is 0 Å². The number of nitrogens with zero attached hydrogens (tertiary/aromatic N) is 2. The van der Waals surface area contributed by atoms with Crippen molar-refractivity contribution in [3.05, 3.63) is 40.3 Å². The molecule has 3 N–H and O–H groups in total. The van der Waals surface area contributed by atoms with Gasteiger partial charge in [-0.15, -0.1) is 0 Å². The van der Waals surface area contributed by atoms with Crippen LogP contribution < -0.4 is 21.7 Å². The number of rotatable bonds is 8. The minimum absolute atomic E-state index is 0.163. The zero-order chi connectivity index (χ0) is 21.4. The summed E-state index contributed by atoms with van der Waals surface area (Å²) >= 11 is 5.27. The smallest absolute Gasteiger partial charge is 0.290 e. The van der Waals surface area contributed by atoms with E-state index in [1.165, 1.54) is 17.5 Å². The number of aromatic nitrogens is 2. The lowest BCUT2D eigenvalue weighted by Crippen LogP contribution is -2.48. The van der Waals surface area contributed by atoms with Gasteiger partial charge >= 0.3 is 0 Å². The van der Waals surface area contributed by atoms with Gasteiger partial charge in [0.05, 0.1) is 11.4 Å². The Morgan fingerprint density at radius 2 is 1.86 bits per heavy atom. The Labute approximate surface area is 177 Å². The van der Waals surface area contributed by atoms with Gasteiger partial charge in [0.15, 0.2) is 10.8 Å². The minimum atomic E-state index is -0.447. The molecule has 2 aromatic rings. The number of thiocarbonyl (C=S) groups is 1. The van der Waals surface area contributed by atoms with Crippen molar-refractivity contribution in [2.45, 2.75) is 59.4 Å². The lowest BCUT2D eigenvalue weighted by Gasteiger charge is -2.18. The van der Waals surface area contributed by atoms with Crippen LogP contribution in [-0.2, 0) is 0 Å². The van der Waals surface area contributed by atoms with Crippen LogP contribution in [-0.4, -0.2) is 27.3 Å². The van der Waals surface area contributed by atoms with Gasteiger partial charge in [-0.2, -0.15) is 5.10 Å². The second-order valence-electron chi connectivity index (χ2n) is 7.44. The number of fused-ring (bicyclic) bond motifs is 1. The lowest BCUT2D eigenvalue weighted by atomic mass is 9.99. The molecule has 0 aliphatic heterocycles. The number of hydrogen-bond donors (Lipinski definition) is 3. The molecule has 0 radical (unpaired) electrons. The van der Waals surface area contributed by atoms with Crippen molar-refractivity contribution in [2.75, 3.05) is 6.54 Å². The predicted octanol–water partition coefficient (Wildman–Crippen LogP) is 3.30. The molecule has 0 unspecified atom stereocenters. The Balaban J connectivity index is 2.07. The highest BCUT2D eigenvalue weighted by atomic mass is 32.1. The third-order valence-corrected chi connectivity index (χ3v) is 5.16. The molecule has 158 valence electrons. The third-order valence-electron chi connectivity index (χ3n) is 4.92. The monoisotopic (exact) mass is 417 g/mol. The third kappa shape index (κ3) is 6.00.